The van der Waals surface area contributed by atoms with E-state index in [0.717, 1.165) is 12.8 Å². The van der Waals surface area contributed by atoms with E-state index >= 15 is 0 Å². The molecule has 2 rings (SSSR count). The number of carboxylic acids is 1. The molecule has 1 aliphatic heterocycles. The molecule has 1 aliphatic carbocycles. The molecule has 0 aromatic heterocycles. The van der Waals surface area contributed by atoms with Crippen LogP contribution in [0.3, 0.4) is 0 Å². The van der Waals surface area contributed by atoms with Crippen molar-refractivity contribution in [1.29, 1.82) is 0 Å². The van der Waals surface area contributed by atoms with Gasteiger partial charge in [0, 0.05) is 19.0 Å². The number of aliphatic carboxylic acids is 1. The minimum absolute atomic E-state index is 0.0170. The summed E-state index contributed by atoms with van der Waals surface area (Å²) in [5.41, 5.74) is 0. The van der Waals surface area contributed by atoms with Gasteiger partial charge in [0.1, 0.15) is 6.04 Å². The molecule has 2 fully saturated rings. The van der Waals surface area contributed by atoms with Crippen LogP contribution in [-0.4, -0.2) is 46.4 Å². The van der Waals surface area contributed by atoms with Crippen molar-refractivity contribution >= 4 is 17.8 Å². The molecule has 2 amide bonds. The minimum Gasteiger partial charge on any atom is -0.480 e. The Hall–Kier alpha value is -1.59. The third kappa shape index (κ3) is 3.49. The number of amides is 2. The van der Waals surface area contributed by atoms with Crippen molar-refractivity contribution in [1.82, 2.24) is 10.2 Å². The van der Waals surface area contributed by atoms with E-state index < -0.39 is 17.9 Å². The van der Waals surface area contributed by atoms with Gasteiger partial charge >= 0.3 is 5.97 Å². The van der Waals surface area contributed by atoms with Gasteiger partial charge in [-0.15, -0.1) is 0 Å². The van der Waals surface area contributed by atoms with Gasteiger partial charge in [-0.05, 0) is 25.2 Å². The zero-order valence-electron chi connectivity index (χ0n) is 12.0. The quantitative estimate of drug-likeness (QED) is 0.747. The zero-order chi connectivity index (χ0) is 14.9. The van der Waals surface area contributed by atoms with Crippen molar-refractivity contribution in [3.63, 3.8) is 0 Å². The molecular weight excluding hydrogens is 260 g/mol. The van der Waals surface area contributed by atoms with Crippen LogP contribution in [0.25, 0.3) is 0 Å². The van der Waals surface area contributed by atoms with Gasteiger partial charge in [-0.2, -0.15) is 0 Å². The number of hydrogen-bond donors (Lipinski definition) is 2. The summed E-state index contributed by atoms with van der Waals surface area (Å²) in [6.45, 7) is 4.26. The van der Waals surface area contributed by atoms with Crippen LogP contribution in [-0.2, 0) is 14.4 Å². The summed E-state index contributed by atoms with van der Waals surface area (Å²) >= 11 is 0. The number of likely N-dealkylation sites (tertiary alicyclic amines) is 1. The minimum atomic E-state index is -1.02. The Kier molecular flexibility index (Phi) is 4.30. The van der Waals surface area contributed by atoms with E-state index in [1.807, 2.05) is 13.8 Å². The van der Waals surface area contributed by atoms with Crippen LogP contribution < -0.4 is 5.32 Å². The maximum Gasteiger partial charge on any atom is 0.326 e. The van der Waals surface area contributed by atoms with Gasteiger partial charge in [-0.25, -0.2) is 4.79 Å². The number of carbonyl (C=O) groups excluding carboxylic acids is 2. The number of nitrogens with zero attached hydrogens (tertiary/aromatic N) is 1. The fourth-order valence-corrected chi connectivity index (χ4v) is 2.63. The molecule has 1 saturated heterocycles. The first-order valence-corrected chi connectivity index (χ1v) is 7.21. The van der Waals surface area contributed by atoms with Gasteiger partial charge in [0.15, 0.2) is 0 Å². The van der Waals surface area contributed by atoms with Crippen LogP contribution in [0.4, 0.5) is 0 Å². The van der Waals surface area contributed by atoms with E-state index in [1.54, 1.807) is 4.90 Å². The third-order valence-electron chi connectivity index (χ3n) is 3.84. The third-order valence-corrected chi connectivity index (χ3v) is 3.84. The molecule has 2 aliphatic rings. The van der Waals surface area contributed by atoms with E-state index in [0.29, 0.717) is 19.0 Å². The lowest BCUT2D eigenvalue weighted by Gasteiger charge is -2.19. The van der Waals surface area contributed by atoms with Crippen LogP contribution in [0.15, 0.2) is 0 Å². The fraction of sp³-hybridized carbons (Fsp3) is 0.786. The predicted octanol–water partition coefficient (Wildman–Crippen LogP) is 0.613. The number of nitrogens with one attached hydrogen (secondary N) is 1. The zero-order valence-corrected chi connectivity index (χ0v) is 12.0. The Balaban J connectivity index is 1.90. The van der Waals surface area contributed by atoms with Crippen molar-refractivity contribution in [3.8, 4) is 0 Å². The summed E-state index contributed by atoms with van der Waals surface area (Å²) in [6, 6.07) is -0.557. The lowest BCUT2D eigenvalue weighted by Crippen LogP contribution is -2.45. The van der Waals surface area contributed by atoms with Crippen molar-refractivity contribution in [2.24, 2.45) is 11.8 Å². The molecule has 6 heteroatoms. The summed E-state index contributed by atoms with van der Waals surface area (Å²) in [5.74, 6) is -1.53. The molecule has 1 unspecified atom stereocenters. The van der Waals surface area contributed by atoms with Crippen molar-refractivity contribution in [2.45, 2.75) is 51.6 Å². The Bertz CT molecular complexity index is 417. The van der Waals surface area contributed by atoms with Gasteiger partial charge in [-0.1, -0.05) is 13.8 Å². The first kappa shape index (κ1) is 14.8. The molecule has 1 heterocycles. The van der Waals surface area contributed by atoms with E-state index in [9.17, 15) is 14.4 Å². The molecule has 6 nitrogen and oxygen atoms in total. The second kappa shape index (κ2) is 5.81. The molecule has 112 valence electrons. The maximum atomic E-state index is 12.1. The van der Waals surface area contributed by atoms with Crippen LogP contribution in [0.2, 0.25) is 0 Å². The van der Waals surface area contributed by atoms with Crippen LogP contribution in [0, 0.1) is 11.8 Å². The van der Waals surface area contributed by atoms with Crippen molar-refractivity contribution in [2.75, 3.05) is 6.54 Å². The smallest absolute Gasteiger partial charge is 0.326 e. The molecular formula is C14H22N2O4. The maximum absolute atomic E-state index is 12.1. The Labute approximate surface area is 118 Å². The first-order valence-electron chi connectivity index (χ1n) is 7.21. The standard InChI is InChI=1S/C14H22N2O4/c1-8(2)5-11(14(19)20)15-13(18)9-6-12(17)16(7-9)10-3-4-10/h8-11H,3-7H2,1-2H3,(H,15,18)(H,19,20)/t9?,11-/m0/s1. The Morgan fingerprint density at radius 3 is 2.55 bits per heavy atom. The highest BCUT2D eigenvalue weighted by Crippen LogP contribution is 2.32. The highest BCUT2D eigenvalue weighted by atomic mass is 16.4. The van der Waals surface area contributed by atoms with Gasteiger partial charge in [0.25, 0.3) is 0 Å². The second-order valence-electron chi connectivity index (χ2n) is 6.21. The SMILES string of the molecule is CC(C)C[C@H](NC(=O)C1CC(=O)N(C2CC2)C1)C(=O)O. The Morgan fingerprint density at radius 2 is 2.05 bits per heavy atom. The first-order chi connectivity index (χ1) is 9.38. The number of carbonyl (C=O) groups is 3. The summed E-state index contributed by atoms with van der Waals surface area (Å²) in [4.78, 5) is 36.8. The summed E-state index contributed by atoms with van der Waals surface area (Å²) < 4.78 is 0. The van der Waals surface area contributed by atoms with Gasteiger partial charge in [-0.3, -0.25) is 9.59 Å². The molecule has 0 spiro atoms. The molecule has 20 heavy (non-hydrogen) atoms. The molecule has 0 aromatic carbocycles. The lowest BCUT2D eigenvalue weighted by atomic mass is 10.0. The van der Waals surface area contributed by atoms with Crippen LogP contribution in [0.1, 0.15) is 39.5 Å². The Morgan fingerprint density at radius 1 is 1.40 bits per heavy atom. The molecule has 0 radical (unpaired) electrons. The van der Waals surface area contributed by atoms with E-state index in [4.69, 9.17) is 5.11 Å². The molecule has 1 saturated carbocycles. The number of rotatable bonds is 6. The molecule has 2 N–H and O–H groups in total. The number of hydrogen-bond acceptors (Lipinski definition) is 3. The summed E-state index contributed by atoms with van der Waals surface area (Å²) in [5, 5.41) is 11.7. The van der Waals surface area contributed by atoms with Gasteiger partial charge in [0.2, 0.25) is 11.8 Å². The van der Waals surface area contributed by atoms with Gasteiger partial charge in [0.05, 0.1) is 5.92 Å². The monoisotopic (exact) mass is 282 g/mol. The van der Waals surface area contributed by atoms with E-state index in [2.05, 4.69) is 5.32 Å². The lowest BCUT2D eigenvalue weighted by molar-refractivity contribution is -0.142. The molecule has 0 bridgehead atoms. The summed E-state index contributed by atoms with van der Waals surface area (Å²) in [7, 11) is 0. The van der Waals surface area contributed by atoms with Crippen LogP contribution in [0.5, 0.6) is 0 Å². The molecule has 2 atom stereocenters. The van der Waals surface area contributed by atoms with Crippen molar-refractivity contribution in [3.05, 3.63) is 0 Å². The topological polar surface area (TPSA) is 86.7 Å². The second-order valence-corrected chi connectivity index (χ2v) is 6.21. The largest absolute Gasteiger partial charge is 0.480 e. The average Bonchev–Trinajstić information content (AvgIpc) is 3.11. The number of carboxylic acid groups (broad SMARTS) is 1. The van der Waals surface area contributed by atoms with E-state index in [1.165, 1.54) is 0 Å². The highest BCUT2D eigenvalue weighted by molar-refractivity contribution is 5.91. The van der Waals surface area contributed by atoms with Crippen molar-refractivity contribution < 1.29 is 19.5 Å². The fourth-order valence-electron chi connectivity index (χ4n) is 2.63. The highest BCUT2D eigenvalue weighted by Gasteiger charge is 2.42. The predicted molar refractivity (Wildman–Crippen MR) is 71.9 cm³/mol. The normalized spacial score (nSPS) is 24.1. The van der Waals surface area contributed by atoms with Crippen LogP contribution >= 0.6 is 0 Å². The van der Waals surface area contributed by atoms with Gasteiger partial charge < -0.3 is 15.3 Å². The average molecular weight is 282 g/mol. The molecule has 0 aromatic rings. The summed E-state index contributed by atoms with van der Waals surface area (Å²) in [6.07, 6.45) is 2.64. The van der Waals surface area contributed by atoms with E-state index in [-0.39, 0.29) is 24.2 Å².